The summed E-state index contributed by atoms with van der Waals surface area (Å²) in [4.78, 5) is 8.36. The van der Waals surface area contributed by atoms with Crippen molar-refractivity contribution in [3.63, 3.8) is 0 Å². The van der Waals surface area contributed by atoms with Gasteiger partial charge in [0.05, 0.1) is 0 Å². The maximum Gasteiger partial charge on any atom is 0.291 e. The fourth-order valence-corrected chi connectivity index (χ4v) is 1.18. The molecule has 25 heavy (non-hydrogen) atoms. The third kappa shape index (κ3) is 23.0. The first-order valence-electron chi connectivity index (χ1n) is 6.93. The van der Waals surface area contributed by atoms with Gasteiger partial charge in [-0.3, -0.25) is 0 Å². The molecule has 0 aliphatic rings. The van der Waals surface area contributed by atoms with E-state index in [0.717, 1.165) is 0 Å². The minimum absolute atomic E-state index is 0. The second-order valence-corrected chi connectivity index (χ2v) is 3.94. The van der Waals surface area contributed by atoms with E-state index in [4.69, 9.17) is 15.3 Å². The predicted octanol–water partition coefficient (Wildman–Crippen LogP) is 5.83. The van der Waals surface area contributed by atoms with E-state index < -0.39 is 5.09 Å². The van der Waals surface area contributed by atoms with Gasteiger partial charge in [0.1, 0.15) is 0 Å². The van der Waals surface area contributed by atoms with E-state index in [1.165, 1.54) is 11.1 Å². The molecule has 0 heterocycles. The van der Waals surface area contributed by atoms with Gasteiger partial charge in [0.2, 0.25) is 0 Å². The quantitative estimate of drug-likeness (QED) is 0.416. The van der Waals surface area contributed by atoms with E-state index in [0.29, 0.717) is 0 Å². The standard InChI is InChI=1S/2C8H8.C4H6.HNO3.H3N/c2*1-2-8-6-4-3-5-7-8;1-3-4-2;2-1(3)4;/h2*2-7H,1H2;3-4H,1-2H2;(H,2,3,4);1H3. The summed E-state index contributed by atoms with van der Waals surface area (Å²) in [6.45, 7) is 14.0. The van der Waals surface area contributed by atoms with Gasteiger partial charge >= 0.3 is 0 Å². The van der Waals surface area contributed by atoms with Gasteiger partial charge in [0.25, 0.3) is 5.09 Å². The molecule has 4 N–H and O–H groups in total. The lowest BCUT2D eigenvalue weighted by atomic mass is 10.2. The zero-order valence-electron chi connectivity index (χ0n) is 14.3. The van der Waals surface area contributed by atoms with Crippen molar-refractivity contribution >= 4 is 12.2 Å². The van der Waals surface area contributed by atoms with Crippen molar-refractivity contribution in [1.29, 1.82) is 0 Å². The van der Waals surface area contributed by atoms with Crippen LogP contribution in [0.5, 0.6) is 0 Å². The molecule has 0 radical (unpaired) electrons. The summed E-state index contributed by atoms with van der Waals surface area (Å²) in [5.74, 6) is 0. The molecule has 0 saturated carbocycles. The van der Waals surface area contributed by atoms with Crippen LogP contribution in [0.2, 0.25) is 0 Å². The Morgan fingerprint density at radius 3 is 1.12 bits per heavy atom. The third-order valence-corrected chi connectivity index (χ3v) is 2.24. The van der Waals surface area contributed by atoms with Crippen molar-refractivity contribution in [3.8, 4) is 0 Å². The van der Waals surface area contributed by atoms with Gasteiger partial charge in [0.15, 0.2) is 0 Å². The normalized spacial score (nSPS) is 7.20. The Morgan fingerprint density at radius 1 is 0.760 bits per heavy atom. The fraction of sp³-hybridized carbons (Fsp3) is 0. The van der Waals surface area contributed by atoms with Crippen LogP contribution >= 0.6 is 0 Å². The number of hydrogen-bond donors (Lipinski definition) is 2. The summed E-state index contributed by atoms with van der Waals surface area (Å²) < 4.78 is 0. The highest BCUT2D eigenvalue weighted by atomic mass is 16.9. The number of nitrogens with zero attached hydrogens (tertiary/aromatic N) is 1. The fourth-order valence-electron chi connectivity index (χ4n) is 1.18. The summed E-state index contributed by atoms with van der Waals surface area (Å²) in [6.07, 6.45) is 6.94. The van der Waals surface area contributed by atoms with Crippen LogP contribution in [0.4, 0.5) is 0 Å². The third-order valence-electron chi connectivity index (χ3n) is 2.24. The zero-order valence-corrected chi connectivity index (χ0v) is 14.3. The second-order valence-electron chi connectivity index (χ2n) is 3.94. The predicted molar refractivity (Wildman–Crippen MR) is 107 cm³/mol. The first-order valence-corrected chi connectivity index (χ1v) is 6.93. The Labute approximate surface area is 149 Å². The average molecular weight is 342 g/mol. The van der Waals surface area contributed by atoms with Crippen LogP contribution < -0.4 is 6.15 Å². The van der Waals surface area contributed by atoms with Crippen LogP contribution in [0, 0.1) is 10.1 Å². The summed E-state index contributed by atoms with van der Waals surface area (Å²) in [7, 11) is 0. The van der Waals surface area contributed by atoms with E-state index in [1.807, 2.05) is 72.8 Å². The van der Waals surface area contributed by atoms with Crippen LogP contribution in [0.25, 0.3) is 12.2 Å². The topological polar surface area (TPSA) is 98.4 Å². The first-order chi connectivity index (χ1) is 11.5. The van der Waals surface area contributed by atoms with Gasteiger partial charge in [-0.15, -0.1) is 10.1 Å². The highest BCUT2D eigenvalue weighted by Crippen LogP contribution is 1.98. The molecule has 0 bridgehead atoms. The molecule has 0 fully saturated rings. The maximum absolute atomic E-state index is 8.36. The van der Waals surface area contributed by atoms with Crippen LogP contribution in [0.3, 0.4) is 0 Å². The molecule has 0 aliphatic carbocycles. The van der Waals surface area contributed by atoms with E-state index in [2.05, 4.69) is 26.3 Å². The van der Waals surface area contributed by atoms with Gasteiger partial charge in [-0.25, -0.2) is 0 Å². The first kappa shape index (κ1) is 26.5. The Bertz CT molecular complexity index is 543. The van der Waals surface area contributed by atoms with Crippen LogP contribution in [0.1, 0.15) is 11.1 Å². The van der Waals surface area contributed by atoms with E-state index in [9.17, 15) is 0 Å². The highest BCUT2D eigenvalue weighted by Gasteiger charge is 1.76. The molecule has 0 atom stereocenters. The molecule has 2 aromatic carbocycles. The molecular weight excluding hydrogens is 316 g/mol. The minimum Gasteiger partial charge on any atom is -0.344 e. The molecule has 0 unspecified atom stereocenters. The molecule has 2 aromatic rings. The molecule has 0 saturated heterocycles. The lowest BCUT2D eigenvalue weighted by Gasteiger charge is -1.85. The maximum atomic E-state index is 8.36. The molecule has 0 amide bonds. The van der Waals surface area contributed by atoms with Crippen molar-refractivity contribution in [2.75, 3.05) is 0 Å². The van der Waals surface area contributed by atoms with Crippen LogP contribution in [0.15, 0.2) is 99.1 Å². The number of benzene rings is 2. The van der Waals surface area contributed by atoms with Gasteiger partial charge < -0.3 is 11.4 Å². The number of allylic oxidation sites excluding steroid dienone is 2. The van der Waals surface area contributed by atoms with E-state index in [-0.39, 0.29) is 6.15 Å². The molecule has 5 nitrogen and oxygen atoms in total. The highest BCUT2D eigenvalue weighted by molar-refractivity contribution is 5.46. The molecule has 0 spiro atoms. The molecule has 134 valence electrons. The molecule has 2 rings (SSSR count). The summed E-state index contributed by atoms with van der Waals surface area (Å²) in [6, 6.07) is 20.1. The van der Waals surface area contributed by atoms with Crippen LogP contribution in [-0.2, 0) is 0 Å². The summed E-state index contributed by atoms with van der Waals surface area (Å²) in [5.41, 5.74) is 2.35. The molecule has 5 heteroatoms. The van der Waals surface area contributed by atoms with Crippen molar-refractivity contribution in [3.05, 3.63) is 120 Å². The van der Waals surface area contributed by atoms with E-state index >= 15 is 0 Å². The molecule has 0 aliphatic heterocycles. The Morgan fingerprint density at radius 2 is 1.00 bits per heavy atom. The smallest absolute Gasteiger partial charge is 0.291 e. The van der Waals surface area contributed by atoms with E-state index in [1.54, 1.807) is 12.2 Å². The Hall–Kier alpha value is -3.44. The van der Waals surface area contributed by atoms with Crippen molar-refractivity contribution in [2.24, 2.45) is 0 Å². The van der Waals surface area contributed by atoms with Gasteiger partial charge in [-0.1, -0.05) is 111 Å². The minimum atomic E-state index is -1.50. The Kier molecular flexibility index (Phi) is 21.8. The van der Waals surface area contributed by atoms with Gasteiger partial charge in [0, 0.05) is 0 Å². The largest absolute Gasteiger partial charge is 0.344 e. The van der Waals surface area contributed by atoms with Crippen molar-refractivity contribution < 1.29 is 10.3 Å². The summed E-state index contributed by atoms with van der Waals surface area (Å²) in [5, 5.41) is 13.6. The lowest BCUT2D eigenvalue weighted by molar-refractivity contribution is -0.742. The Balaban J connectivity index is -0.000000270. The van der Waals surface area contributed by atoms with Crippen molar-refractivity contribution in [2.45, 2.75) is 0 Å². The molecule has 0 aromatic heterocycles. The molecular formula is C20H26N2O3. The van der Waals surface area contributed by atoms with Crippen LogP contribution in [-0.4, -0.2) is 10.3 Å². The average Bonchev–Trinajstić information content (AvgIpc) is 2.63. The zero-order chi connectivity index (χ0) is 18.6. The monoisotopic (exact) mass is 342 g/mol. The van der Waals surface area contributed by atoms with Gasteiger partial charge in [-0.05, 0) is 11.1 Å². The van der Waals surface area contributed by atoms with Gasteiger partial charge in [-0.2, -0.15) is 0 Å². The number of rotatable bonds is 3. The van der Waals surface area contributed by atoms with Crippen molar-refractivity contribution in [1.82, 2.24) is 6.15 Å². The summed E-state index contributed by atoms with van der Waals surface area (Å²) >= 11 is 0. The second kappa shape index (κ2) is 20.6. The lowest BCUT2D eigenvalue weighted by Crippen LogP contribution is -1.81. The number of hydrogen-bond acceptors (Lipinski definition) is 3. The SMILES string of the molecule is C=CC=C.C=Cc1ccccc1.C=Cc1ccccc1.N.O=[N+]([O-])O.